The summed E-state index contributed by atoms with van der Waals surface area (Å²) >= 11 is 0. The molecular weight excluding hydrogens is 488 g/mol. The summed E-state index contributed by atoms with van der Waals surface area (Å²) in [5, 5.41) is 18.1. The Kier molecular flexibility index (Phi) is 11.0. The Balaban J connectivity index is 0.000000611. The lowest BCUT2D eigenvalue weighted by Crippen LogP contribution is -2.37. The Bertz CT molecular complexity index is 1140. The first-order valence-electron chi connectivity index (χ1n) is 12.7. The second kappa shape index (κ2) is 14.7. The summed E-state index contributed by atoms with van der Waals surface area (Å²) in [5.74, 6) is 1.84. The van der Waals surface area contributed by atoms with E-state index in [9.17, 15) is 4.79 Å². The Morgan fingerprint density at radius 2 is 1.82 bits per heavy atom. The Labute approximate surface area is 222 Å². The number of nitrogens with zero attached hydrogens (tertiary/aromatic N) is 5. The van der Waals surface area contributed by atoms with Crippen molar-refractivity contribution in [2.24, 2.45) is 5.92 Å². The average Bonchev–Trinajstić information content (AvgIpc) is 3.65. The molecule has 0 radical (unpaired) electrons. The molecule has 1 atom stereocenters. The van der Waals surface area contributed by atoms with Crippen LogP contribution in [0.2, 0.25) is 0 Å². The van der Waals surface area contributed by atoms with Crippen molar-refractivity contribution in [3.8, 4) is 0 Å². The maximum atomic E-state index is 12.8. The first-order chi connectivity index (χ1) is 18.4. The zero-order valence-corrected chi connectivity index (χ0v) is 21.7. The zero-order valence-electron chi connectivity index (χ0n) is 21.7. The van der Waals surface area contributed by atoms with Crippen molar-refractivity contribution in [3.05, 3.63) is 71.1 Å². The van der Waals surface area contributed by atoms with Crippen LogP contribution in [0.3, 0.4) is 0 Å². The Morgan fingerprint density at radius 3 is 2.50 bits per heavy atom. The molecule has 0 bridgehead atoms. The van der Waals surface area contributed by atoms with Crippen molar-refractivity contribution in [2.75, 3.05) is 26.2 Å². The fraction of sp³-hybridized carbons (Fsp3) is 0.444. The van der Waals surface area contributed by atoms with Gasteiger partial charge in [-0.15, -0.1) is 0 Å². The van der Waals surface area contributed by atoms with Gasteiger partial charge in [0, 0.05) is 38.4 Å². The molecule has 1 amide bonds. The van der Waals surface area contributed by atoms with Crippen LogP contribution in [0.5, 0.6) is 0 Å². The quantitative estimate of drug-likeness (QED) is 0.398. The minimum Gasteiger partial charge on any atom is -0.483 e. The van der Waals surface area contributed by atoms with Gasteiger partial charge in [-0.05, 0) is 49.4 Å². The second-order valence-corrected chi connectivity index (χ2v) is 9.45. The largest absolute Gasteiger partial charge is 0.483 e. The van der Waals surface area contributed by atoms with Crippen LogP contribution in [0.25, 0.3) is 0 Å². The highest BCUT2D eigenvalue weighted by Crippen LogP contribution is 2.22. The van der Waals surface area contributed by atoms with Gasteiger partial charge in [-0.25, -0.2) is 4.98 Å². The lowest BCUT2D eigenvalue weighted by molar-refractivity contribution is -0.131. The van der Waals surface area contributed by atoms with E-state index in [0.29, 0.717) is 18.9 Å². The lowest BCUT2D eigenvalue weighted by atomic mass is 9.97. The number of likely N-dealkylation sites (tertiary alicyclic amines) is 1. The average molecular weight is 525 g/mol. The van der Waals surface area contributed by atoms with E-state index in [4.69, 9.17) is 19.8 Å². The van der Waals surface area contributed by atoms with Crippen LogP contribution in [0.1, 0.15) is 34.8 Å². The molecule has 1 unspecified atom stereocenters. The van der Waals surface area contributed by atoms with Gasteiger partial charge in [0.1, 0.15) is 5.82 Å². The van der Waals surface area contributed by atoms with E-state index in [1.807, 2.05) is 35.0 Å². The van der Waals surface area contributed by atoms with Crippen LogP contribution in [0.4, 0.5) is 0 Å². The van der Waals surface area contributed by atoms with Crippen LogP contribution < -0.4 is 0 Å². The van der Waals surface area contributed by atoms with Gasteiger partial charge in [0.2, 0.25) is 5.91 Å². The normalized spacial score (nSPS) is 16.4. The van der Waals surface area contributed by atoms with Gasteiger partial charge in [0.15, 0.2) is 0 Å². The van der Waals surface area contributed by atoms with E-state index in [0.717, 1.165) is 61.8 Å². The molecule has 1 fully saturated rings. The SMILES string of the molecule is Cc1nc2c([nH]1)CN(C(=O)Cc1ccc(CC3CCN(CCn4cccn4)C3)cc1)CC2.O=CO.O=CO. The summed E-state index contributed by atoms with van der Waals surface area (Å²) in [7, 11) is 0. The highest BCUT2D eigenvalue weighted by Gasteiger charge is 2.24. The van der Waals surface area contributed by atoms with Crippen molar-refractivity contribution in [1.82, 2.24) is 29.5 Å². The van der Waals surface area contributed by atoms with Crippen molar-refractivity contribution >= 4 is 18.9 Å². The summed E-state index contributed by atoms with van der Waals surface area (Å²) in [6, 6.07) is 10.7. The fourth-order valence-corrected chi connectivity index (χ4v) is 5.02. The van der Waals surface area contributed by atoms with E-state index in [1.54, 1.807) is 0 Å². The van der Waals surface area contributed by atoms with Gasteiger partial charge in [-0.2, -0.15) is 5.10 Å². The van der Waals surface area contributed by atoms with Crippen LogP contribution >= 0.6 is 0 Å². The summed E-state index contributed by atoms with van der Waals surface area (Å²) in [4.78, 5) is 41.8. The number of rotatable bonds is 7. The van der Waals surface area contributed by atoms with Gasteiger partial charge < -0.3 is 25.0 Å². The molecule has 11 heteroatoms. The van der Waals surface area contributed by atoms with E-state index in [-0.39, 0.29) is 18.9 Å². The monoisotopic (exact) mass is 524 g/mol. The molecule has 204 valence electrons. The van der Waals surface area contributed by atoms with Crippen LogP contribution in [0.15, 0.2) is 42.7 Å². The number of benzene rings is 1. The number of imidazole rings is 1. The Morgan fingerprint density at radius 1 is 1.11 bits per heavy atom. The minimum atomic E-state index is -0.250. The number of carboxylic acid groups (broad SMARTS) is 2. The van der Waals surface area contributed by atoms with E-state index < -0.39 is 0 Å². The lowest BCUT2D eigenvalue weighted by Gasteiger charge is -2.26. The number of carbonyl (C=O) groups excluding carboxylic acids is 1. The van der Waals surface area contributed by atoms with Crippen LogP contribution in [-0.2, 0) is 46.7 Å². The predicted octanol–water partition coefficient (Wildman–Crippen LogP) is 2.01. The molecule has 3 aromatic rings. The first-order valence-corrected chi connectivity index (χ1v) is 12.7. The number of carbonyl (C=O) groups is 3. The molecule has 5 rings (SSSR count). The minimum absolute atomic E-state index is 0.194. The van der Waals surface area contributed by atoms with Crippen molar-refractivity contribution in [1.29, 1.82) is 0 Å². The van der Waals surface area contributed by atoms with Crippen molar-refractivity contribution < 1.29 is 24.6 Å². The third-order valence-electron chi connectivity index (χ3n) is 6.78. The van der Waals surface area contributed by atoms with E-state index >= 15 is 0 Å². The van der Waals surface area contributed by atoms with Gasteiger partial charge >= 0.3 is 0 Å². The van der Waals surface area contributed by atoms with Gasteiger partial charge in [-0.1, -0.05) is 24.3 Å². The molecule has 3 N–H and O–H groups in total. The number of nitrogens with one attached hydrogen (secondary N) is 1. The molecule has 38 heavy (non-hydrogen) atoms. The molecule has 0 spiro atoms. The van der Waals surface area contributed by atoms with Crippen molar-refractivity contribution in [2.45, 2.75) is 45.7 Å². The number of aromatic amines is 1. The van der Waals surface area contributed by atoms with E-state index in [2.05, 4.69) is 44.2 Å². The third-order valence-corrected chi connectivity index (χ3v) is 6.78. The molecule has 1 saturated heterocycles. The first kappa shape index (κ1) is 28.6. The standard InChI is InChI=1S/C25H32N6O.2CH2O2/c1-19-27-23-8-12-30(18-24(23)28-19)25(32)16-21-5-3-20(4-6-21)15-22-7-11-29(17-22)13-14-31-10-2-9-26-31;2*2-1-3/h2-6,9-10,22H,7-8,11-18H2,1H3,(H,27,28);2*1H,(H,2,3). The zero-order chi connectivity index (χ0) is 27.3. The summed E-state index contributed by atoms with van der Waals surface area (Å²) in [5.41, 5.74) is 4.67. The summed E-state index contributed by atoms with van der Waals surface area (Å²) in [6.07, 6.45) is 7.54. The molecule has 2 aromatic heterocycles. The maximum absolute atomic E-state index is 12.8. The molecule has 2 aliphatic heterocycles. The number of H-pyrrole nitrogens is 1. The molecule has 0 saturated carbocycles. The summed E-state index contributed by atoms with van der Waals surface area (Å²) < 4.78 is 2.01. The molecule has 2 aliphatic rings. The molecule has 1 aromatic carbocycles. The number of hydrogen-bond donors (Lipinski definition) is 3. The number of hydrogen-bond acceptors (Lipinski definition) is 6. The van der Waals surface area contributed by atoms with Gasteiger partial charge in [0.05, 0.1) is 30.9 Å². The topological polar surface area (TPSA) is 145 Å². The molecule has 11 nitrogen and oxygen atoms in total. The number of fused-ring (bicyclic) bond motifs is 1. The van der Waals surface area contributed by atoms with E-state index in [1.165, 1.54) is 18.5 Å². The van der Waals surface area contributed by atoms with Crippen molar-refractivity contribution in [3.63, 3.8) is 0 Å². The Hall–Kier alpha value is -3.99. The molecule has 4 heterocycles. The highest BCUT2D eigenvalue weighted by molar-refractivity contribution is 5.79. The fourth-order valence-electron chi connectivity index (χ4n) is 5.02. The van der Waals surface area contributed by atoms with Gasteiger partial charge in [0.25, 0.3) is 12.9 Å². The van der Waals surface area contributed by atoms with Crippen LogP contribution in [0, 0.1) is 12.8 Å². The highest BCUT2D eigenvalue weighted by atomic mass is 16.3. The summed E-state index contributed by atoms with van der Waals surface area (Å²) in [6.45, 7) is 7.22. The predicted molar refractivity (Wildman–Crippen MR) is 140 cm³/mol. The molecule has 0 aliphatic carbocycles. The smallest absolute Gasteiger partial charge is 0.290 e. The molecular formula is C27H36N6O5. The number of aryl methyl sites for hydroxylation is 1. The van der Waals surface area contributed by atoms with Gasteiger partial charge in [-0.3, -0.25) is 19.1 Å². The third kappa shape index (κ3) is 8.55. The maximum Gasteiger partial charge on any atom is 0.290 e. The van der Waals surface area contributed by atoms with Crippen LogP contribution in [-0.4, -0.2) is 84.8 Å². The number of aromatic nitrogens is 4. The second-order valence-electron chi connectivity index (χ2n) is 9.45. The number of amides is 1.